The minimum absolute atomic E-state index is 0.0654. The molecule has 0 aliphatic rings. The van der Waals surface area contributed by atoms with E-state index in [-0.39, 0.29) is 43.1 Å². The van der Waals surface area contributed by atoms with Gasteiger partial charge in [-0.3, -0.25) is 14.3 Å². The number of amides is 1. The standard InChI is InChI=1S/C21H24N4O7S2/c1-10-18(33-20(22-10)23-12(3)27)34(30,31)24-13-7-8-14-15(9-13)25(17(28)16(14)11(2)26)32-19(29)21(4,5)6/h7-9,24,28H,1-6H3,(H,22,23,27). The van der Waals surface area contributed by atoms with E-state index in [0.717, 1.165) is 16.1 Å². The maximum Gasteiger partial charge on any atom is 0.338 e. The molecule has 3 N–H and O–H groups in total. The fourth-order valence-corrected chi connectivity index (χ4v) is 5.52. The van der Waals surface area contributed by atoms with Gasteiger partial charge in [0.05, 0.1) is 27.9 Å². The number of Topliss-reactive ketones (excluding diaryl/α,β-unsaturated/α-hetero) is 1. The van der Waals surface area contributed by atoms with Gasteiger partial charge in [-0.15, -0.1) is 4.73 Å². The van der Waals surface area contributed by atoms with Crippen LogP contribution >= 0.6 is 11.3 Å². The van der Waals surface area contributed by atoms with E-state index in [1.165, 1.54) is 39.0 Å². The first-order valence-electron chi connectivity index (χ1n) is 10.0. The van der Waals surface area contributed by atoms with E-state index in [0.29, 0.717) is 0 Å². The van der Waals surface area contributed by atoms with Crippen LogP contribution in [0.4, 0.5) is 10.8 Å². The van der Waals surface area contributed by atoms with Crippen molar-refractivity contribution >= 4 is 60.7 Å². The van der Waals surface area contributed by atoms with Crippen LogP contribution in [0.25, 0.3) is 10.9 Å². The molecule has 1 aromatic carbocycles. The zero-order valence-corrected chi connectivity index (χ0v) is 21.0. The molecule has 34 heavy (non-hydrogen) atoms. The van der Waals surface area contributed by atoms with E-state index >= 15 is 0 Å². The van der Waals surface area contributed by atoms with Crippen molar-refractivity contribution in [2.75, 3.05) is 10.0 Å². The van der Waals surface area contributed by atoms with Crippen LogP contribution in [-0.4, -0.2) is 40.9 Å². The Balaban J connectivity index is 2.07. The van der Waals surface area contributed by atoms with E-state index in [1.54, 1.807) is 20.8 Å². The number of hydrogen-bond donors (Lipinski definition) is 3. The van der Waals surface area contributed by atoms with Gasteiger partial charge in [-0.05, 0) is 52.8 Å². The molecule has 0 atom stereocenters. The smallest absolute Gasteiger partial charge is 0.338 e. The Kier molecular flexibility index (Phi) is 6.46. The molecule has 0 radical (unpaired) electrons. The molecule has 0 fully saturated rings. The van der Waals surface area contributed by atoms with Gasteiger partial charge in [0.25, 0.3) is 10.0 Å². The third kappa shape index (κ3) is 4.89. The molecule has 13 heteroatoms. The van der Waals surface area contributed by atoms with E-state index < -0.39 is 33.1 Å². The minimum atomic E-state index is -4.10. The highest BCUT2D eigenvalue weighted by Gasteiger charge is 2.29. The number of fused-ring (bicyclic) bond motifs is 1. The summed E-state index contributed by atoms with van der Waals surface area (Å²) in [7, 11) is -4.10. The topological polar surface area (TPSA) is 157 Å². The molecule has 0 saturated carbocycles. The second kappa shape index (κ2) is 8.72. The van der Waals surface area contributed by atoms with Crippen LogP contribution in [0.2, 0.25) is 0 Å². The number of carbonyl (C=O) groups is 3. The molecule has 0 bridgehead atoms. The Morgan fingerprint density at radius 1 is 1.18 bits per heavy atom. The summed E-state index contributed by atoms with van der Waals surface area (Å²) < 4.78 is 29.1. The minimum Gasteiger partial charge on any atom is -0.492 e. The first kappa shape index (κ1) is 25.2. The number of aryl methyl sites for hydroxylation is 1. The lowest BCUT2D eigenvalue weighted by atomic mass is 9.98. The summed E-state index contributed by atoms with van der Waals surface area (Å²) in [6.45, 7) is 8.89. The van der Waals surface area contributed by atoms with Crippen molar-refractivity contribution in [1.82, 2.24) is 9.71 Å². The van der Waals surface area contributed by atoms with Gasteiger partial charge in [0, 0.05) is 12.3 Å². The van der Waals surface area contributed by atoms with E-state index in [9.17, 15) is 27.9 Å². The summed E-state index contributed by atoms with van der Waals surface area (Å²) in [5.74, 6) is -2.10. The van der Waals surface area contributed by atoms with Gasteiger partial charge in [0.1, 0.15) is 0 Å². The number of carbonyl (C=O) groups excluding carboxylic acids is 3. The van der Waals surface area contributed by atoms with Gasteiger partial charge in [-0.2, -0.15) is 0 Å². The van der Waals surface area contributed by atoms with Gasteiger partial charge in [0.15, 0.2) is 15.1 Å². The van der Waals surface area contributed by atoms with Gasteiger partial charge >= 0.3 is 5.97 Å². The molecule has 3 rings (SSSR count). The van der Waals surface area contributed by atoms with Crippen LogP contribution < -0.4 is 14.9 Å². The first-order valence-corrected chi connectivity index (χ1v) is 12.3. The van der Waals surface area contributed by atoms with Crippen LogP contribution in [0, 0.1) is 12.3 Å². The number of thiazole rings is 1. The predicted molar refractivity (Wildman–Crippen MR) is 127 cm³/mol. The van der Waals surface area contributed by atoms with Crippen LogP contribution in [0.5, 0.6) is 5.88 Å². The van der Waals surface area contributed by atoms with E-state index in [4.69, 9.17) is 4.84 Å². The molecule has 0 aliphatic carbocycles. The lowest BCUT2D eigenvalue weighted by Crippen LogP contribution is -2.31. The molecule has 0 aliphatic heterocycles. The largest absolute Gasteiger partial charge is 0.492 e. The summed E-state index contributed by atoms with van der Waals surface area (Å²) in [6.07, 6.45) is 0. The molecule has 0 spiro atoms. The van der Waals surface area contributed by atoms with Crippen molar-refractivity contribution in [3.63, 3.8) is 0 Å². The molecule has 182 valence electrons. The van der Waals surface area contributed by atoms with Crippen molar-refractivity contribution < 1.29 is 32.7 Å². The monoisotopic (exact) mass is 508 g/mol. The SMILES string of the molecule is CC(=O)Nc1nc(C)c(S(=O)(=O)Nc2ccc3c(C(C)=O)c(O)n(OC(=O)C(C)(C)C)c3c2)s1. The zero-order chi connectivity index (χ0) is 25.6. The van der Waals surface area contributed by atoms with Crippen LogP contribution in [0.15, 0.2) is 22.4 Å². The highest BCUT2D eigenvalue weighted by molar-refractivity contribution is 7.94. The Morgan fingerprint density at radius 3 is 2.38 bits per heavy atom. The highest BCUT2D eigenvalue weighted by atomic mass is 32.2. The molecule has 11 nitrogen and oxygen atoms in total. The summed E-state index contributed by atoms with van der Waals surface area (Å²) in [6, 6.07) is 4.18. The third-order valence-electron chi connectivity index (χ3n) is 4.57. The molecule has 2 aromatic heterocycles. The van der Waals surface area contributed by atoms with Crippen molar-refractivity contribution in [2.45, 2.75) is 45.8 Å². The van der Waals surface area contributed by atoms with Crippen molar-refractivity contribution in [1.29, 1.82) is 0 Å². The number of aromatic hydroxyl groups is 1. The maximum absolute atomic E-state index is 13.0. The molecular formula is C21H24N4O7S2. The Labute approximate surface area is 199 Å². The normalized spacial score (nSPS) is 11.9. The Bertz CT molecular complexity index is 1430. The fourth-order valence-electron chi connectivity index (χ4n) is 3.01. The van der Waals surface area contributed by atoms with Crippen LogP contribution in [-0.2, 0) is 19.6 Å². The second-order valence-electron chi connectivity index (χ2n) is 8.59. The summed E-state index contributed by atoms with van der Waals surface area (Å²) >= 11 is 0.790. The van der Waals surface area contributed by atoms with Crippen molar-refractivity contribution in [3.8, 4) is 5.88 Å². The van der Waals surface area contributed by atoms with Gasteiger partial charge in [0.2, 0.25) is 11.8 Å². The van der Waals surface area contributed by atoms with Crippen molar-refractivity contribution in [3.05, 3.63) is 29.5 Å². The number of benzene rings is 1. The van der Waals surface area contributed by atoms with Crippen molar-refractivity contribution in [2.24, 2.45) is 5.41 Å². The first-order chi connectivity index (χ1) is 15.6. The highest BCUT2D eigenvalue weighted by Crippen LogP contribution is 2.35. The van der Waals surface area contributed by atoms with E-state index in [2.05, 4.69) is 15.0 Å². The number of aromatic nitrogens is 2. The zero-order valence-electron chi connectivity index (χ0n) is 19.3. The summed E-state index contributed by atoms with van der Waals surface area (Å²) in [5, 5.41) is 13.5. The number of nitrogens with zero attached hydrogens (tertiary/aromatic N) is 2. The van der Waals surface area contributed by atoms with Crippen LogP contribution in [0.3, 0.4) is 0 Å². The van der Waals surface area contributed by atoms with Crippen LogP contribution in [0.1, 0.15) is 50.7 Å². The number of ketones is 1. The quantitative estimate of drug-likeness (QED) is 0.429. The molecule has 2 heterocycles. The number of nitrogens with one attached hydrogen (secondary N) is 2. The van der Waals surface area contributed by atoms with E-state index in [1.807, 2.05) is 0 Å². The number of sulfonamides is 1. The summed E-state index contributed by atoms with van der Waals surface area (Å²) in [5.41, 5.74) is -0.582. The predicted octanol–water partition coefficient (Wildman–Crippen LogP) is 3.07. The molecule has 0 unspecified atom stereocenters. The third-order valence-corrected chi connectivity index (χ3v) is 7.64. The average molecular weight is 509 g/mol. The average Bonchev–Trinajstić information content (AvgIpc) is 3.18. The Morgan fingerprint density at radius 2 is 1.82 bits per heavy atom. The second-order valence-corrected chi connectivity index (χ2v) is 11.5. The fraction of sp³-hybridized carbons (Fsp3) is 0.333. The molecular weight excluding hydrogens is 484 g/mol. The van der Waals surface area contributed by atoms with Gasteiger partial charge in [-0.25, -0.2) is 18.2 Å². The van der Waals surface area contributed by atoms with Gasteiger partial charge < -0.3 is 15.3 Å². The Hall–Kier alpha value is -3.45. The van der Waals surface area contributed by atoms with Gasteiger partial charge in [-0.1, -0.05) is 11.3 Å². The molecule has 1 amide bonds. The molecule has 0 saturated heterocycles. The number of rotatable bonds is 6. The summed E-state index contributed by atoms with van der Waals surface area (Å²) in [4.78, 5) is 45.2. The lowest BCUT2D eigenvalue weighted by molar-refractivity contribution is -0.153. The number of hydrogen-bond acceptors (Lipinski definition) is 9. The number of anilines is 2. The maximum atomic E-state index is 13.0. The molecule has 3 aromatic rings. The lowest BCUT2D eigenvalue weighted by Gasteiger charge is -2.17.